The Kier molecular flexibility index (Phi) is 2.27. The molecular weight excluding hydrogens is 271 g/mol. The molecule has 2 aliphatic heterocycles. The van der Waals surface area contributed by atoms with Crippen LogP contribution in [0.3, 0.4) is 0 Å². The molecule has 0 fully saturated rings. The minimum Gasteiger partial charge on any atom is -0.478 e. The van der Waals surface area contributed by atoms with E-state index in [0.29, 0.717) is 27.8 Å². The van der Waals surface area contributed by atoms with Crippen LogP contribution in [0.2, 0.25) is 0 Å². The first-order valence-corrected chi connectivity index (χ1v) is 6.38. The summed E-state index contributed by atoms with van der Waals surface area (Å²) >= 11 is 0. The first-order valence-electron chi connectivity index (χ1n) is 6.38. The van der Waals surface area contributed by atoms with Crippen LogP contribution < -0.4 is 0 Å². The number of nitrogens with one attached hydrogen (secondary N) is 1. The van der Waals surface area contributed by atoms with E-state index in [4.69, 9.17) is 0 Å². The Labute approximate surface area is 118 Å². The molecule has 0 aromatic heterocycles. The van der Waals surface area contributed by atoms with Crippen molar-refractivity contribution in [1.29, 1.82) is 0 Å². The first kappa shape index (κ1) is 11.8. The number of aromatic carboxylic acids is 1. The summed E-state index contributed by atoms with van der Waals surface area (Å²) in [6, 6.07) is 11.5. The van der Waals surface area contributed by atoms with Crippen LogP contribution in [0.25, 0.3) is 33.2 Å². The SMILES string of the molecule is O=C(O)c1c2nc3ccccc3c-2[nH]c2ccc(F)cc12. The van der Waals surface area contributed by atoms with Crippen molar-refractivity contribution in [3.63, 3.8) is 0 Å². The summed E-state index contributed by atoms with van der Waals surface area (Å²) < 4.78 is 13.5. The summed E-state index contributed by atoms with van der Waals surface area (Å²) in [5.74, 6) is -1.60. The summed E-state index contributed by atoms with van der Waals surface area (Å²) in [5.41, 5.74) is 2.31. The number of hydrogen-bond acceptors (Lipinski definition) is 2. The summed E-state index contributed by atoms with van der Waals surface area (Å²) in [5, 5.41) is 10.7. The number of carbonyl (C=O) groups is 1. The summed E-state index contributed by atoms with van der Waals surface area (Å²) in [4.78, 5) is 19.2. The topological polar surface area (TPSA) is 66.0 Å². The van der Waals surface area contributed by atoms with Crippen molar-refractivity contribution in [1.82, 2.24) is 9.97 Å². The molecule has 21 heavy (non-hydrogen) atoms. The molecule has 0 amide bonds. The molecular formula is C16H9FN2O2. The second-order valence-electron chi connectivity index (χ2n) is 4.85. The summed E-state index contributed by atoms with van der Waals surface area (Å²) in [6.07, 6.45) is 0. The lowest BCUT2D eigenvalue weighted by atomic mass is 10.0. The Morgan fingerprint density at radius 2 is 1.95 bits per heavy atom. The molecule has 2 aromatic carbocycles. The smallest absolute Gasteiger partial charge is 0.338 e. The van der Waals surface area contributed by atoms with Crippen LogP contribution in [0.1, 0.15) is 10.4 Å². The molecule has 0 bridgehead atoms. The van der Waals surface area contributed by atoms with Gasteiger partial charge in [-0.15, -0.1) is 0 Å². The van der Waals surface area contributed by atoms with Crippen LogP contribution in [0, 0.1) is 5.82 Å². The fraction of sp³-hybridized carbons (Fsp3) is 0. The van der Waals surface area contributed by atoms with E-state index in [2.05, 4.69) is 9.97 Å². The van der Waals surface area contributed by atoms with Crippen molar-refractivity contribution >= 4 is 27.8 Å². The van der Waals surface area contributed by atoms with Gasteiger partial charge in [0.1, 0.15) is 11.5 Å². The summed E-state index contributed by atoms with van der Waals surface area (Å²) in [7, 11) is 0. The molecule has 0 saturated carbocycles. The number of benzene rings is 2. The van der Waals surface area contributed by atoms with Crippen molar-refractivity contribution in [2.45, 2.75) is 0 Å². The molecule has 0 radical (unpaired) electrons. The standard InChI is InChI=1S/C16H9FN2O2/c17-8-5-6-12-10(7-8)13(16(20)21)15-14(18-12)9-3-1-2-4-11(9)19-15/h1-7,18H,(H,20,21). The minimum absolute atomic E-state index is 0.0226. The van der Waals surface area contributed by atoms with Gasteiger partial charge in [0.2, 0.25) is 0 Å². The lowest BCUT2D eigenvalue weighted by Crippen LogP contribution is -2.04. The molecule has 0 saturated heterocycles. The first-order chi connectivity index (χ1) is 10.1. The number of aromatic amines is 1. The van der Waals surface area contributed by atoms with Gasteiger partial charge >= 0.3 is 5.97 Å². The van der Waals surface area contributed by atoms with Crippen molar-refractivity contribution in [2.24, 2.45) is 0 Å². The number of aromatic nitrogens is 2. The van der Waals surface area contributed by atoms with Gasteiger partial charge in [-0.25, -0.2) is 14.2 Å². The zero-order valence-corrected chi connectivity index (χ0v) is 10.7. The molecule has 2 aromatic rings. The highest BCUT2D eigenvalue weighted by Crippen LogP contribution is 2.35. The highest BCUT2D eigenvalue weighted by atomic mass is 19.1. The van der Waals surface area contributed by atoms with Gasteiger partial charge in [-0.2, -0.15) is 0 Å². The third-order valence-corrected chi connectivity index (χ3v) is 3.60. The molecule has 4 nitrogen and oxygen atoms in total. The highest BCUT2D eigenvalue weighted by Gasteiger charge is 2.23. The maximum absolute atomic E-state index is 13.5. The molecule has 2 heterocycles. The fourth-order valence-corrected chi connectivity index (χ4v) is 2.70. The molecule has 102 valence electrons. The van der Waals surface area contributed by atoms with Crippen LogP contribution in [0.15, 0.2) is 42.5 Å². The van der Waals surface area contributed by atoms with Crippen molar-refractivity contribution in [2.75, 3.05) is 0 Å². The molecule has 4 rings (SSSR count). The number of hydrogen-bond donors (Lipinski definition) is 2. The fourth-order valence-electron chi connectivity index (χ4n) is 2.70. The quantitative estimate of drug-likeness (QED) is 0.559. The number of fused-ring (bicyclic) bond motifs is 4. The average molecular weight is 280 g/mol. The van der Waals surface area contributed by atoms with Gasteiger partial charge in [0.15, 0.2) is 0 Å². The van der Waals surface area contributed by atoms with E-state index in [1.54, 1.807) is 6.07 Å². The second kappa shape index (κ2) is 4.02. The number of para-hydroxylation sites is 1. The molecule has 0 unspecified atom stereocenters. The number of carboxylic acids is 1. The predicted octanol–water partition coefficient (Wildman–Crippen LogP) is 3.66. The van der Waals surface area contributed by atoms with Gasteiger partial charge in [0.25, 0.3) is 0 Å². The predicted molar refractivity (Wildman–Crippen MR) is 77.1 cm³/mol. The van der Waals surface area contributed by atoms with Crippen molar-refractivity contribution < 1.29 is 14.3 Å². The number of H-pyrrole nitrogens is 1. The van der Waals surface area contributed by atoms with E-state index in [0.717, 1.165) is 5.39 Å². The molecule has 5 heteroatoms. The molecule has 0 spiro atoms. The third-order valence-electron chi connectivity index (χ3n) is 3.60. The largest absolute Gasteiger partial charge is 0.478 e. The van der Waals surface area contributed by atoms with Crippen LogP contribution in [-0.2, 0) is 0 Å². The molecule has 0 atom stereocenters. The lowest BCUT2D eigenvalue weighted by molar-refractivity contribution is 0.0699. The van der Waals surface area contributed by atoms with E-state index in [1.165, 1.54) is 12.1 Å². The van der Waals surface area contributed by atoms with Crippen LogP contribution >= 0.6 is 0 Å². The van der Waals surface area contributed by atoms with E-state index in [9.17, 15) is 14.3 Å². The maximum atomic E-state index is 13.5. The Morgan fingerprint density at radius 1 is 1.14 bits per heavy atom. The van der Waals surface area contributed by atoms with E-state index in [-0.39, 0.29) is 5.56 Å². The molecule has 0 aliphatic carbocycles. The number of halogens is 1. The van der Waals surface area contributed by atoms with E-state index in [1.807, 2.05) is 24.3 Å². The van der Waals surface area contributed by atoms with Crippen molar-refractivity contribution in [3.8, 4) is 11.4 Å². The van der Waals surface area contributed by atoms with Gasteiger partial charge in [0, 0.05) is 16.3 Å². The van der Waals surface area contributed by atoms with Crippen LogP contribution in [-0.4, -0.2) is 21.0 Å². The number of rotatable bonds is 1. The minimum atomic E-state index is -1.12. The Hall–Kier alpha value is -2.95. The second-order valence-corrected chi connectivity index (χ2v) is 4.85. The van der Waals surface area contributed by atoms with E-state index < -0.39 is 11.8 Å². The zero-order chi connectivity index (χ0) is 14.6. The van der Waals surface area contributed by atoms with Crippen molar-refractivity contribution in [3.05, 3.63) is 53.8 Å². The van der Waals surface area contributed by atoms with Gasteiger partial charge in [0.05, 0.1) is 16.8 Å². The summed E-state index contributed by atoms with van der Waals surface area (Å²) in [6.45, 7) is 0. The number of pyridine rings is 1. The van der Waals surface area contributed by atoms with Gasteiger partial charge in [-0.1, -0.05) is 18.2 Å². The Balaban J connectivity index is 2.28. The Bertz CT molecular complexity index is 990. The Morgan fingerprint density at radius 3 is 2.76 bits per heavy atom. The van der Waals surface area contributed by atoms with E-state index >= 15 is 0 Å². The lowest BCUT2D eigenvalue weighted by Gasteiger charge is -2.09. The maximum Gasteiger partial charge on any atom is 0.338 e. The normalized spacial score (nSPS) is 11.5. The third kappa shape index (κ3) is 1.61. The monoisotopic (exact) mass is 280 g/mol. The van der Waals surface area contributed by atoms with Gasteiger partial charge in [-0.05, 0) is 24.3 Å². The molecule has 2 aliphatic rings. The van der Waals surface area contributed by atoms with Gasteiger partial charge in [-0.3, -0.25) is 0 Å². The van der Waals surface area contributed by atoms with Gasteiger partial charge < -0.3 is 10.1 Å². The van der Waals surface area contributed by atoms with Crippen LogP contribution in [0.5, 0.6) is 0 Å². The highest BCUT2D eigenvalue weighted by molar-refractivity contribution is 6.12. The number of nitrogens with zero attached hydrogens (tertiary/aromatic N) is 1. The average Bonchev–Trinajstić information content (AvgIpc) is 2.82. The zero-order valence-electron chi connectivity index (χ0n) is 10.7. The van der Waals surface area contributed by atoms with Crippen LogP contribution in [0.4, 0.5) is 4.39 Å². The number of carboxylic acid groups (broad SMARTS) is 1. The molecule has 2 N–H and O–H groups in total.